The van der Waals surface area contributed by atoms with Gasteiger partial charge in [0.1, 0.15) is 6.04 Å². The molecule has 1 aliphatic rings. The van der Waals surface area contributed by atoms with Gasteiger partial charge in [0.15, 0.2) is 5.82 Å². The Morgan fingerprint density at radius 3 is 2.88 bits per heavy atom. The van der Waals surface area contributed by atoms with Crippen molar-refractivity contribution in [1.82, 2.24) is 20.1 Å². The first-order valence-corrected chi connectivity index (χ1v) is 5.68. The van der Waals surface area contributed by atoms with Crippen LogP contribution in [0.25, 0.3) is 0 Å². The number of hydrogen-bond acceptors (Lipinski definition) is 6. The van der Waals surface area contributed by atoms with Crippen molar-refractivity contribution in [3.63, 3.8) is 0 Å². The van der Waals surface area contributed by atoms with Crippen LogP contribution in [-0.4, -0.2) is 26.7 Å². The van der Waals surface area contributed by atoms with Gasteiger partial charge in [-0.3, -0.25) is 0 Å². The van der Waals surface area contributed by atoms with Gasteiger partial charge in [0.25, 0.3) is 0 Å². The van der Waals surface area contributed by atoms with Gasteiger partial charge in [0, 0.05) is 18.9 Å². The van der Waals surface area contributed by atoms with E-state index in [2.05, 4.69) is 25.0 Å². The lowest BCUT2D eigenvalue weighted by atomic mass is 10.2. The third-order valence-electron chi connectivity index (χ3n) is 2.89. The van der Waals surface area contributed by atoms with E-state index in [1.54, 1.807) is 12.4 Å². The second-order valence-electron chi connectivity index (χ2n) is 4.08. The molecule has 0 spiro atoms. The summed E-state index contributed by atoms with van der Waals surface area (Å²) in [6, 6.07) is 1.92. The topological polar surface area (TPSA) is 67.9 Å². The van der Waals surface area contributed by atoms with Gasteiger partial charge < -0.3 is 9.42 Å². The second-order valence-corrected chi connectivity index (χ2v) is 4.08. The van der Waals surface area contributed by atoms with E-state index in [9.17, 15) is 0 Å². The van der Waals surface area contributed by atoms with Crippen LogP contribution in [0.15, 0.2) is 23.0 Å². The molecule has 3 heterocycles. The molecule has 1 saturated heterocycles. The Morgan fingerprint density at radius 1 is 1.35 bits per heavy atom. The lowest BCUT2D eigenvalue weighted by Gasteiger charge is -2.21. The van der Waals surface area contributed by atoms with Gasteiger partial charge in [0.05, 0.1) is 0 Å². The highest BCUT2D eigenvalue weighted by atomic mass is 16.5. The molecule has 2 aromatic heterocycles. The van der Waals surface area contributed by atoms with E-state index in [1.165, 1.54) is 0 Å². The first-order chi connectivity index (χ1) is 8.34. The predicted molar refractivity (Wildman–Crippen MR) is 60.4 cm³/mol. The number of aryl methyl sites for hydroxylation is 1. The molecule has 1 fully saturated rings. The summed E-state index contributed by atoms with van der Waals surface area (Å²) < 4.78 is 5.24. The summed E-state index contributed by atoms with van der Waals surface area (Å²) in [5.74, 6) is 2.05. The maximum Gasteiger partial charge on any atom is 0.249 e. The van der Waals surface area contributed by atoms with E-state index in [0.29, 0.717) is 11.7 Å². The Kier molecular flexibility index (Phi) is 2.47. The van der Waals surface area contributed by atoms with Crippen LogP contribution in [0.4, 0.5) is 5.95 Å². The van der Waals surface area contributed by atoms with Crippen molar-refractivity contribution in [3.05, 3.63) is 30.2 Å². The first-order valence-electron chi connectivity index (χ1n) is 5.68. The minimum absolute atomic E-state index is 0.110. The first kappa shape index (κ1) is 10.2. The standard InChI is InChI=1S/C11H13N5O/c1-8-14-10(17-15-8)9-4-2-7-16(9)11-12-5-3-6-13-11/h3,5-6,9H,2,4,7H2,1H3. The summed E-state index contributed by atoms with van der Waals surface area (Å²) in [5, 5.41) is 3.84. The predicted octanol–water partition coefficient (Wildman–Crippen LogP) is 1.51. The Morgan fingerprint density at radius 2 is 2.18 bits per heavy atom. The van der Waals surface area contributed by atoms with Crippen molar-refractivity contribution in [2.45, 2.75) is 25.8 Å². The van der Waals surface area contributed by atoms with Crippen molar-refractivity contribution < 1.29 is 4.52 Å². The highest BCUT2D eigenvalue weighted by molar-refractivity contribution is 5.33. The third-order valence-corrected chi connectivity index (χ3v) is 2.89. The van der Waals surface area contributed by atoms with E-state index in [1.807, 2.05) is 13.0 Å². The quantitative estimate of drug-likeness (QED) is 0.780. The van der Waals surface area contributed by atoms with Gasteiger partial charge in [0.2, 0.25) is 11.8 Å². The largest absolute Gasteiger partial charge is 0.337 e. The summed E-state index contributed by atoms with van der Waals surface area (Å²) >= 11 is 0. The average Bonchev–Trinajstić information content (AvgIpc) is 2.98. The summed E-state index contributed by atoms with van der Waals surface area (Å²) in [4.78, 5) is 14.9. The van der Waals surface area contributed by atoms with Crippen LogP contribution in [0.3, 0.4) is 0 Å². The van der Waals surface area contributed by atoms with Gasteiger partial charge in [-0.2, -0.15) is 4.98 Å². The fourth-order valence-electron chi connectivity index (χ4n) is 2.15. The maximum absolute atomic E-state index is 5.24. The molecule has 2 aromatic rings. The van der Waals surface area contributed by atoms with Crippen LogP contribution in [0.2, 0.25) is 0 Å². The molecule has 0 aromatic carbocycles. The molecule has 0 N–H and O–H groups in total. The SMILES string of the molecule is Cc1noc(C2CCCN2c2ncccn2)n1. The van der Waals surface area contributed by atoms with Crippen LogP contribution >= 0.6 is 0 Å². The monoisotopic (exact) mass is 231 g/mol. The Balaban J connectivity index is 1.90. The average molecular weight is 231 g/mol. The Labute approximate surface area is 98.7 Å². The zero-order valence-electron chi connectivity index (χ0n) is 9.58. The Bertz CT molecular complexity index is 498. The number of anilines is 1. The molecule has 6 heteroatoms. The molecule has 1 unspecified atom stereocenters. The summed E-state index contributed by atoms with van der Waals surface area (Å²) in [6.07, 6.45) is 5.58. The summed E-state index contributed by atoms with van der Waals surface area (Å²) in [7, 11) is 0. The van der Waals surface area contributed by atoms with E-state index < -0.39 is 0 Å². The molecular formula is C11H13N5O. The molecule has 0 aliphatic carbocycles. The van der Waals surface area contributed by atoms with E-state index in [4.69, 9.17) is 4.52 Å². The lowest BCUT2D eigenvalue weighted by Crippen LogP contribution is -2.24. The van der Waals surface area contributed by atoms with E-state index in [0.717, 1.165) is 25.3 Å². The lowest BCUT2D eigenvalue weighted by molar-refractivity contribution is 0.351. The molecule has 88 valence electrons. The van der Waals surface area contributed by atoms with Gasteiger partial charge >= 0.3 is 0 Å². The van der Waals surface area contributed by atoms with Gasteiger partial charge in [-0.05, 0) is 25.8 Å². The summed E-state index contributed by atoms with van der Waals surface area (Å²) in [5.41, 5.74) is 0. The van der Waals surface area contributed by atoms with Crippen LogP contribution in [0.1, 0.15) is 30.6 Å². The molecule has 0 bridgehead atoms. The molecular weight excluding hydrogens is 218 g/mol. The smallest absolute Gasteiger partial charge is 0.249 e. The molecule has 3 rings (SSSR count). The van der Waals surface area contributed by atoms with Crippen molar-refractivity contribution in [1.29, 1.82) is 0 Å². The zero-order valence-corrected chi connectivity index (χ0v) is 9.58. The summed E-state index contributed by atoms with van der Waals surface area (Å²) in [6.45, 7) is 2.75. The van der Waals surface area contributed by atoms with E-state index in [-0.39, 0.29) is 6.04 Å². The normalized spacial score (nSPS) is 19.8. The number of aromatic nitrogens is 4. The van der Waals surface area contributed by atoms with Crippen LogP contribution in [0, 0.1) is 6.92 Å². The van der Waals surface area contributed by atoms with Crippen molar-refractivity contribution >= 4 is 5.95 Å². The van der Waals surface area contributed by atoms with Gasteiger partial charge in [-0.1, -0.05) is 5.16 Å². The van der Waals surface area contributed by atoms with Gasteiger partial charge in [-0.25, -0.2) is 9.97 Å². The third kappa shape index (κ3) is 1.86. The van der Waals surface area contributed by atoms with Crippen molar-refractivity contribution in [2.75, 3.05) is 11.4 Å². The number of nitrogens with zero attached hydrogens (tertiary/aromatic N) is 5. The molecule has 1 aliphatic heterocycles. The fraction of sp³-hybridized carbons (Fsp3) is 0.455. The van der Waals surface area contributed by atoms with Crippen LogP contribution in [-0.2, 0) is 0 Å². The minimum atomic E-state index is 0.110. The number of rotatable bonds is 2. The second kappa shape index (κ2) is 4.12. The zero-order chi connectivity index (χ0) is 11.7. The van der Waals surface area contributed by atoms with Gasteiger partial charge in [-0.15, -0.1) is 0 Å². The van der Waals surface area contributed by atoms with Crippen LogP contribution in [0.5, 0.6) is 0 Å². The molecule has 6 nitrogen and oxygen atoms in total. The molecule has 0 radical (unpaired) electrons. The Hall–Kier alpha value is -1.98. The molecule has 0 amide bonds. The highest BCUT2D eigenvalue weighted by Crippen LogP contribution is 2.33. The highest BCUT2D eigenvalue weighted by Gasteiger charge is 2.31. The van der Waals surface area contributed by atoms with Crippen LogP contribution < -0.4 is 4.90 Å². The molecule has 17 heavy (non-hydrogen) atoms. The maximum atomic E-state index is 5.24. The molecule has 0 saturated carbocycles. The fourth-order valence-corrected chi connectivity index (χ4v) is 2.15. The van der Waals surface area contributed by atoms with Crippen molar-refractivity contribution in [3.8, 4) is 0 Å². The number of hydrogen-bond donors (Lipinski definition) is 0. The van der Waals surface area contributed by atoms with E-state index >= 15 is 0 Å². The molecule has 1 atom stereocenters. The van der Waals surface area contributed by atoms with Crippen molar-refractivity contribution in [2.24, 2.45) is 0 Å². The minimum Gasteiger partial charge on any atom is -0.337 e.